The van der Waals surface area contributed by atoms with E-state index in [4.69, 9.17) is 0 Å². The van der Waals surface area contributed by atoms with Crippen LogP contribution in [0.4, 0.5) is 5.69 Å². The smallest absolute Gasteiger partial charge is 0.337 e. The standard InChI is InChI=1S/C18H14N2O3/c1-23-18(22)13-9-7-12(8-10-13)17(21)20-16-6-2-5-15-14(16)4-3-11-19-15/h2-11H,1H3,(H,20,21). The van der Waals surface area contributed by atoms with E-state index >= 15 is 0 Å². The van der Waals surface area contributed by atoms with Gasteiger partial charge in [-0.05, 0) is 48.5 Å². The summed E-state index contributed by atoms with van der Waals surface area (Å²) in [5.74, 6) is -0.685. The van der Waals surface area contributed by atoms with E-state index in [1.807, 2.05) is 30.3 Å². The largest absolute Gasteiger partial charge is 0.465 e. The average Bonchev–Trinajstić information content (AvgIpc) is 2.61. The van der Waals surface area contributed by atoms with Gasteiger partial charge in [0, 0.05) is 17.1 Å². The van der Waals surface area contributed by atoms with E-state index in [1.165, 1.54) is 7.11 Å². The van der Waals surface area contributed by atoms with Gasteiger partial charge in [0.25, 0.3) is 5.91 Å². The highest BCUT2D eigenvalue weighted by Crippen LogP contribution is 2.22. The molecule has 1 aromatic heterocycles. The molecule has 5 nitrogen and oxygen atoms in total. The highest BCUT2D eigenvalue weighted by molar-refractivity contribution is 6.08. The van der Waals surface area contributed by atoms with Crippen LogP contribution in [0, 0.1) is 0 Å². The first-order valence-corrected chi connectivity index (χ1v) is 7.02. The number of carbonyl (C=O) groups excluding carboxylic acids is 2. The summed E-state index contributed by atoms with van der Waals surface area (Å²) >= 11 is 0. The molecule has 0 saturated heterocycles. The number of ether oxygens (including phenoxy) is 1. The fraction of sp³-hybridized carbons (Fsp3) is 0.0556. The van der Waals surface area contributed by atoms with Gasteiger partial charge in [0.2, 0.25) is 0 Å². The first-order chi connectivity index (χ1) is 11.2. The summed E-state index contributed by atoms with van der Waals surface area (Å²) < 4.78 is 4.63. The van der Waals surface area contributed by atoms with Crippen molar-refractivity contribution in [1.29, 1.82) is 0 Å². The molecule has 0 atom stereocenters. The molecule has 1 amide bonds. The number of aromatic nitrogens is 1. The van der Waals surface area contributed by atoms with Gasteiger partial charge >= 0.3 is 5.97 Å². The maximum absolute atomic E-state index is 12.4. The zero-order chi connectivity index (χ0) is 16.2. The summed E-state index contributed by atoms with van der Waals surface area (Å²) in [7, 11) is 1.32. The van der Waals surface area contributed by atoms with Crippen molar-refractivity contribution in [2.45, 2.75) is 0 Å². The van der Waals surface area contributed by atoms with Crippen LogP contribution in [-0.4, -0.2) is 24.0 Å². The first kappa shape index (κ1) is 14.7. The quantitative estimate of drug-likeness (QED) is 0.754. The van der Waals surface area contributed by atoms with Crippen molar-refractivity contribution in [2.75, 3.05) is 12.4 Å². The van der Waals surface area contributed by atoms with Crippen LogP contribution in [0.15, 0.2) is 60.8 Å². The maximum Gasteiger partial charge on any atom is 0.337 e. The third kappa shape index (κ3) is 3.03. The van der Waals surface area contributed by atoms with Crippen LogP contribution in [0.25, 0.3) is 10.9 Å². The van der Waals surface area contributed by atoms with Crippen molar-refractivity contribution in [1.82, 2.24) is 4.98 Å². The Morgan fingerprint density at radius 2 is 1.70 bits per heavy atom. The SMILES string of the molecule is COC(=O)c1ccc(C(=O)Nc2cccc3ncccc23)cc1. The van der Waals surface area contributed by atoms with E-state index in [9.17, 15) is 9.59 Å². The zero-order valence-electron chi connectivity index (χ0n) is 12.4. The minimum absolute atomic E-state index is 0.252. The van der Waals surface area contributed by atoms with Crippen LogP contribution in [-0.2, 0) is 4.74 Å². The van der Waals surface area contributed by atoms with Gasteiger partial charge in [-0.2, -0.15) is 0 Å². The fourth-order valence-electron chi connectivity index (χ4n) is 2.28. The minimum atomic E-state index is -0.433. The van der Waals surface area contributed by atoms with Gasteiger partial charge in [0.15, 0.2) is 0 Å². The molecule has 23 heavy (non-hydrogen) atoms. The third-order valence-corrected chi connectivity index (χ3v) is 3.46. The summed E-state index contributed by atoms with van der Waals surface area (Å²) in [6, 6.07) is 15.6. The normalized spacial score (nSPS) is 10.3. The fourth-order valence-corrected chi connectivity index (χ4v) is 2.28. The van der Waals surface area contributed by atoms with Crippen molar-refractivity contribution in [3.8, 4) is 0 Å². The van der Waals surface area contributed by atoms with Gasteiger partial charge in [-0.3, -0.25) is 9.78 Å². The monoisotopic (exact) mass is 306 g/mol. The van der Waals surface area contributed by atoms with Crippen molar-refractivity contribution >= 4 is 28.5 Å². The van der Waals surface area contributed by atoms with E-state index in [0.29, 0.717) is 16.8 Å². The molecule has 0 spiro atoms. The predicted octanol–water partition coefficient (Wildman–Crippen LogP) is 3.27. The highest BCUT2D eigenvalue weighted by atomic mass is 16.5. The zero-order valence-corrected chi connectivity index (χ0v) is 12.4. The number of fused-ring (bicyclic) bond motifs is 1. The Morgan fingerprint density at radius 3 is 2.43 bits per heavy atom. The second-order valence-corrected chi connectivity index (χ2v) is 4.90. The molecule has 0 saturated carbocycles. The number of esters is 1. The van der Waals surface area contributed by atoms with Gasteiger partial charge in [-0.25, -0.2) is 4.79 Å². The van der Waals surface area contributed by atoms with E-state index < -0.39 is 5.97 Å². The molecule has 1 heterocycles. The summed E-state index contributed by atoms with van der Waals surface area (Å²) in [6.07, 6.45) is 1.71. The van der Waals surface area contributed by atoms with Crippen molar-refractivity contribution in [3.05, 3.63) is 71.9 Å². The number of pyridine rings is 1. The lowest BCUT2D eigenvalue weighted by molar-refractivity contribution is 0.0600. The molecule has 114 valence electrons. The number of methoxy groups -OCH3 is 1. The molecule has 5 heteroatoms. The number of hydrogen-bond donors (Lipinski definition) is 1. The molecule has 0 aliphatic rings. The molecular formula is C18H14N2O3. The summed E-state index contributed by atoms with van der Waals surface area (Å²) in [5.41, 5.74) is 2.36. The molecule has 0 radical (unpaired) electrons. The lowest BCUT2D eigenvalue weighted by Gasteiger charge is -2.08. The molecular weight excluding hydrogens is 292 g/mol. The Balaban J connectivity index is 1.85. The number of amides is 1. The molecule has 0 bridgehead atoms. The molecule has 1 N–H and O–H groups in total. The van der Waals surface area contributed by atoms with Gasteiger partial charge in [0.05, 0.1) is 23.9 Å². The summed E-state index contributed by atoms with van der Waals surface area (Å²) in [5, 5.41) is 3.74. The van der Waals surface area contributed by atoms with Gasteiger partial charge in [-0.1, -0.05) is 6.07 Å². The Bertz CT molecular complexity index is 868. The van der Waals surface area contributed by atoms with Crippen LogP contribution in [0.2, 0.25) is 0 Å². The number of hydrogen-bond acceptors (Lipinski definition) is 4. The number of anilines is 1. The maximum atomic E-state index is 12.4. The molecule has 0 unspecified atom stereocenters. The molecule has 0 aliphatic carbocycles. The van der Waals surface area contributed by atoms with Crippen molar-refractivity contribution in [3.63, 3.8) is 0 Å². The third-order valence-electron chi connectivity index (χ3n) is 3.46. The van der Waals surface area contributed by atoms with Gasteiger partial charge in [-0.15, -0.1) is 0 Å². The average molecular weight is 306 g/mol. The Morgan fingerprint density at radius 1 is 0.957 bits per heavy atom. The first-order valence-electron chi connectivity index (χ1n) is 7.02. The summed E-state index contributed by atoms with van der Waals surface area (Å²) in [4.78, 5) is 28.0. The number of carbonyl (C=O) groups is 2. The predicted molar refractivity (Wildman–Crippen MR) is 87.5 cm³/mol. The van der Waals surface area contributed by atoms with E-state index in [-0.39, 0.29) is 5.91 Å². The van der Waals surface area contributed by atoms with Crippen LogP contribution >= 0.6 is 0 Å². The molecule has 3 rings (SSSR count). The van der Waals surface area contributed by atoms with E-state index in [0.717, 1.165) is 10.9 Å². The number of nitrogens with zero attached hydrogens (tertiary/aromatic N) is 1. The minimum Gasteiger partial charge on any atom is -0.465 e. The molecule has 2 aromatic carbocycles. The van der Waals surface area contributed by atoms with Crippen molar-refractivity contribution < 1.29 is 14.3 Å². The second kappa shape index (κ2) is 6.27. The van der Waals surface area contributed by atoms with E-state index in [1.54, 1.807) is 30.5 Å². The lowest BCUT2D eigenvalue weighted by atomic mass is 10.1. The van der Waals surface area contributed by atoms with E-state index in [2.05, 4.69) is 15.0 Å². The van der Waals surface area contributed by atoms with Crippen LogP contribution in [0.1, 0.15) is 20.7 Å². The molecule has 3 aromatic rings. The highest BCUT2D eigenvalue weighted by Gasteiger charge is 2.10. The Kier molecular flexibility index (Phi) is 4.01. The van der Waals surface area contributed by atoms with Gasteiger partial charge in [0.1, 0.15) is 0 Å². The lowest BCUT2D eigenvalue weighted by Crippen LogP contribution is -2.12. The molecule has 0 aliphatic heterocycles. The summed E-state index contributed by atoms with van der Waals surface area (Å²) in [6.45, 7) is 0. The molecule has 0 fully saturated rings. The van der Waals surface area contributed by atoms with Crippen LogP contribution < -0.4 is 5.32 Å². The van der Waals surface area contributed by atoms with Crippen molar-refractivity contribution in [2.24, 2.45) is 0 Å². The number of nitrogens with one attached hydrogen (secondary N) is 1. The topological polar surface area (TPSA) is 68.3 Å². The van der Waals surface area contributed by atoms with Crippen LogP contribution in [0.5, 0.6) is 0 Å². The second-order valence-electron chi connectivity index (χ2n) is 4.90. The Hall–Kier alpha value is -3.21. The number of benzene rings is 2. The van der Waals surface area contributed by atoms with Gasteiger partial charge < -0.3 is 10.1 Å². The van der Waals surface area contributed by atoms with Crippen LogP contribution in [0.3, 0.4) is 0 Å². The number of rotatable bonds is 3. The Labute approximate surface area is 132 Å².